The number of amides is 1. The Morgan fingerprint density at radius 2 is 2.03 bits per heavy atom. The van der Waals surface area contributed by atoms with Crippen LogP contribution in [-0.4, -0.2) is 54.3 Å². The van der Waals surface area contributed by atoms with E-state index in [1.165, 1.54) is 19.1 Å². The van der Waals surface area contributed by atoms with Crippen LogP contribution in [0, 0.1) is 17.0 Å². The molecule has 37 heavy (non-hydrogen) atoms. The molecule has 1 N–H and O–H groups in total. The number of thiazole rings is 1. The van der Waals surface area contributed by atoms with Gasteiger partial charge in [-0.15, -0.1) is 0 Å². The number of nitrogens with zero attached hydrogens (tertiary/aromatic N) is 3. The SMILES string of the molecule is COc1ccc(-c2ccc(Cl)cc2-c2nc(N(C)C(=O)C(CC(=O)O)CC3CCOCC3)sc2F)cn1. The molecule has 1 fully saturated rings. The summed E-state index contributed by atoms with van der Waals surface area (Å²) in [5, 5.41) is 9.37. The molecule has 0 spiro atoms. The van der Waals surface area contributed by atoms with Gasteiger partial charge in [0.25, 0.3) is 0 Å². The number of anilines is 1. The van der Waals surface area contributed by atoms with E-state index >= 15 is 4.39 Å². The quantitative estimate of drug-likeness (QED) is 0.375. The summed E-state index contributed by atoms with van der Waals surface area (Å²) in [5.41, 5.74) is 1.87. The molecule has 4 rings (SSSR count). The first-order valence-electron chi connectivity index (χ1n) is 11.8. The maximum Gasteiger partial charge on any atom is 0.304 e. The van der Waals surface area contributed by atoms with Crippen molar-refractivity contribution >= 4 is 39.9 Å². The number of hydrogen-bond acceptors (Lipinski definition) is 7. The van der Waals surface area contributed by atoms with Crippen LogP contribution in [0.4, 0.5) is 9.52 Å². The molecule has 0 radical (unpaired) electrons. The highest BCUT2D eigenvalue weighted by Crippen LogP contribution is 2.39. The Bertz CT molecular complexity index is 1260. The molecule has 1 aromatic carbocycles. The zero-order valence-corrected chi connectivity index (χ0v) is 22.0. The maximum absolute atomic E-state index is 15.3. The summed E-state index contributed by atoms with van der Waals surface area (Å²) in [6, 6.07) is 8.56. The summed E-state index contributed by atoms with van der Waals surface area (Å²) in [6.45, 7) is 1.20. The van der Waals surface area contributed by atoms with Gasteiger partial charge in [0.05, 0.1) is 13.5 Å². The minimum Gasteiger partial charge on any atom is -0.481 e. The highest BCUT2D eigenvalue weighted by atomic mass is 35.5. The van der Waals surface area contributed by atoms with E-state index in [4.69, 9.17) is 21.1 Å². The van der Waals surface area contributed by atoms with Crippen molar-refractivity contribution < 1.29 is 28.6 Å². The smallest absolute Gasteiger partial charge is 0.304 e. The van der Waals surface area contributed by atoms with Crippen LogP contribution in [0.2, 0.25) is 5.02 Å². The van der Waals surface area contributed by atoms with Crippen LogP contribution < -0.4 is 9.64 Å². The summed E-state index contributed by atoms with van der Waals surface area (Å²) in [6.07, 6.45) is 3.30. The van der Waals surface area contributed by atoms with E-state index in [9.17, 15) is 14.7 Å². The topological polar surface area (TPSA) is 102 Å². The summed E-state index contributed by atoms with van der Waals surface area (Å²) >= 11 is 6.97. The number of benzene rings is 1. The summed E-state index contributed by atoms with van der Waals surface area (Å²) in [5.74, 6) is -1.56. The van der Waals surface area contributed by atoms with Gasteiger partial charge in [0.15, 0.2) is 5.13 Å². The average molecular weight is 548 g/mol. The van der Waals surface area contributed by atoms with Crippen molar-refractivity contribution in [3.8, 4) is 28.3 Å². The molecule has 0 aliphatic carbocycles. The van der Waals surface area contributed by atoms with Crippen molar-refractivity contribution in [2.45, 2.75) is 25.7 Å². The zero-order valence-electron chi connectivity index (χ0n) is 20.4. The first-order chi connectivity index (χ1) is 17.8. The van der Waals surface area contributed by atoms with Crippen molar-refractivity contribution in [2.24, 2.45) is 11.8 Å². The zero-order chi connectivity index (χ0) is 26.5. The Morgan fingerprint density at radius 1 is 1.27 bits per heavy atom. The molecule has 1 unspecified atom stereocenters. The number of pyridine rings is 1. The lowest BCUT2D eigenvalue weighted by Gasteiger charge is -2.27. The lowest BCUT2D eigenvalue weighted by Crippen LogP contribution is -2.35. The van der Waals surface area contributed by atoms with E-state index in [1.807, 2.05) is 0 Å². The van der Waals surface area contributed by atoms with Crippen molar-refractivity contribution in [1.82, 2.24) is 9.97 Å². The van der Waals surface area contributed by atoms with E-state index in [2.05, 4.69) is 9.97 Å². The van der Waals surface area contributed by atoms with Gasteiger partial charge in [-0.25, -0.2) is 9.97 Å². The van der Waals surface area contributed by atoms with Gasteiger partial charge in [-0.1, -0.05) is 29.0 Å². The Hall–Kier alpha value is -3.08. The van der Waals surface area contributed by atoms with Gasteiger partial charge in [0, 0.05) is 54.6 Å². The molecule has 3 heterocycles. The van der Waals surface area contributed by atoms with Crippen LogP contribution in [0.1, 0.15) is 25.7 Å². The Kier molecular flexibility index (Phi) is 8.73. The van der Waals surface area contributed by atoms with Crippen LogP contribution in [0.3, 0.4) is 0 Å². The number of carboxylic acids is 1. The molecule has 8 nitrogen and oxygen atoms in total. The standard InChI is InChI=1S/C26H27ClFN3O5S/c1-31(25(34)17(12-22(32)33)11-15-7-9-36-10-8-15)26-30-23(24(28)37-26)20-13-18(27)4-5-19(20)16-3-6-21(35-2)29-14-16/h3-6,13-15,17H,7-12H2,1-2H3,(H,32,33). The molecule has 11 heteroatoms. The fourth-order valence-corrected chi connectivity index (χ4v) is 5.41. The first kappa shape index (κ1) is 27.0. The van der Waals surface area contributed by atoms with Crippen LogP contribution in [0.5, 0.6) is 5.88 Å². The van der Waals surface area contributed by atoms with Gasteiger partial charge < -0.3 is 14.6 Å². The van der Waals surface area contributed by atoms with Crippen molar-refractivity contribution in [2.75, 3.05) is 32.3 Å². The van der Waals surface area contributed by atoms with E-state index in [1.54, 1.807) is 36.5 Å². The number of aromatic nitrogens is 2. The van der Waals surface area contributed by atoms with Gasteiger partial charge in [-0.05, 0) is 48.9 Å². The van der Waals surface area contributed by atoms with Gasteiger partial charge >= 0.3 is 5.97 Å². The second kappa shape index (κ2) is 12.0. The molecule has 1 atom stereocenters. The predicted molar refractivity (Wildman–Crippen MR) is 140 cm³/mol. The molecule has 0 bridgehead atoms. The largest absolute Gasteiger partial charge is 0.481 e. The second-order valence-electron chi connectivity index (χ2n) is 8.88. The Labute approximate surface area is 223 Å². The monoisotopic (exact) mass is 547 g/mol. The summed E-state index contributed by atoms with van der Waals surface area (Å²) in [4.78, 5) is 34.8. The normalized spacial score (nSPS) is 14.8. The number of carboxylic acid groups (broad SMARTS) is 1. The first-order valence-corrected chi connectivity index (χ1v) is 13.0. The number of methoxy groups -OCH3 is 1. The highest BCUT2D eigenvalue weighted by molar-refractivity contribution is 7.14. The minimum absolute atomic E-state index is 0.0483. The third-order valence-corrected chi connectivity index (χ3v) is 7.57. The number of halogens is 2. The molecule has 3 aromatic rings. The Balaban J connectivity index is 1.63. The van der Waals surface area contributed by atoms with Gasteiger partial charge in [-0.2, -0.15) is 4.39 Å². The molecule has 1 aliphatic heterocycles. The lowest BCUT2D eigenvalue weighted by atomic mass is 9.86. The summed E-state index contributed by atoms with van der Waals surface area (Å²) in [7, 11) is 3.01. The summed E-state index contributed by atoms with van der Waals surface area (Å²) < 4.78 is 25.8. The van der Waals surface area contributed by atoms with Gasteiger partial charge in [-0.3, -0.25) is 14.5 Å². The van der Waals surface area contributed by atoms with Crippen molar-refractivity contribution in [3.63, 3.8) is 0 Å². The maximum atomic E-state index is 15.3. The van der Waals surface area contributed by atoms with E-state index in [-0.39, 0.29) is 23.2 Å². The van der Waals surface area contributed by atoms with E-state index in [0.29, 0.717) is 47.2 Å². The Morgan fingerprint density at radius 3 is 2.68 bits per heavy atom. The molecule has 1 amide bonds. The van der Waals surface area contributed by atoms with Gasteiger partial charge in [0.2, 0.25) is 16.9 Å². The lowest BCUT2D eigenvalue weighted by molar-refractivity contribution is -0.141. The van der Waals surface area contributed by atoms with E-state index in [0.717, 1.165) is 24.2 Å². The third-order valence-electron chi connectivity index (χ3n) is 6.41. The molecular formula is C26H27ClFN3O5S. The average Bonchev–Trinajstić information content (AvgIpc) is 3.29. The van der Waals surface area contributed by atoms with Gasteiger partial charge in [0.1, 0.15) is 5.69 Å². The molecular weight excluding hydrogens is 521 g/mol. The number of aliphatic carboxylic acids is 1. The molecule has 196 valence electrons. The van der Waals surface area contributed by atoms with Crippen molar-refractivity contribution in [3.05, 3.63) is 46.7 Å². The number of carbonyl (C=O) groups excluding carboxylic acids is 1. The molecule has 2 aromatic heterocycles. The number of rotatable bonds is 9. The van der Waals surface area contributed by atoms with Crippen LogP contribution in [-0.2, 0) is 14.3 Å². The number of hydrogen-bond donors (Lipinski definition) is 1. The number of ether oxygens (including phenoxy) is 2. The van der Waals surface area contributed by atoms with Crippen LogP contribution in [0.15, 0.2) is 36.5 Å². The fourth-order valence-electron chi connectivity index (χ4n) is 4.46. The molecule has 1 aliphatic rings. The number of carbonyl (C=O) groups is 2. The predicted octanol–water partition coefficient (Wildman–Crippen LogP) is 5.54. The van der Waals surface area contributed by atoms with E-state index < -0.39 is 22.9 Å². The fraction of sp³-hybridized carbons (Fsp3) is 0.385. The third kappa shape index (κ3) is 6.44. The van der Waals surface area contributed by atoms with Crippen LogP contribution in [0.25, 0.3) is 22.4 Å². The molecule has 0 saturated carbocycles. The second-order valence-corrected chi connectivity index (χ2v) is 10.2. The highest BCUT2D eigenvalue weighted by Gasteiger charge is 2.31. The minimum atomic E-state index is -1.05. The van der Waals surface area contributed by atoms with Crippen molar-refractivity contribution in [1.29, 1.82) is 0 Å². The molecule has 1 saturated heterocycles. The van der Waals surface area contributed by atoms with Crippen LogP contribution >= 0.6 is 22.9 Å².